The van der Waals surface area contributed by atoms with Crippen molar-refractivity contribution in [2.24, 2.45) is 0 Å². The van der Waals surface area contributed by atoms with Crippen molar-refractivity contribution >= 4 is 5.69 Å². The molecule has 0 aliphatic carbocycles. The number of morpholine rings is 1. The third kappa shape index (κ3) is 2.87. The quantitative estimate of drug-likeness (QED) is 0.791. The molecule has 3 rings (SSSR count). The van der Waals surface area contributed by atoms with Crippen molar-refractivity contribution in [3.8, 4) is 6.07 Å². The second-order valence-corrected chi connectivity index (χ2v) is 6.10. The van der Waals surface area contributed by atoms with E-state index in [-0.39, 0.29) is 11.7 Å². The Balaban J connectivity index is 1.91. The molecule has 0 bridgehead atoms. The molecule has 3 heterocycles. The number of rotatable bonds is 1. The highest BCUT2D eigenvalue weighted by Gasteiger charge is 2.41. The lowest BCUT2D eigenvalue weighted by atomic mass is 9.93. The number of anilines is 1. The first-order chi connectivity index (χ1) is 10.1. The zero-order chi connectivity index (χ0) is 14.9. The van der Waals surface area contributed by atoms with Crippen molar-refractivity contribution in [3.63, 3.8) is 0 Å². The number of aromatic nitrogens is 1. The van der Waals surface area contributed by atoms with Gasteiger partial charge in [0.1, 0.15) is 11.7 Å². The van der Waals surface area contributed by atoms with Gasteiger partial charge in [0.15, 0.2) is 0 Å². The highest BCUT2D eigenvalue weighted by atomic mass is 16.6. The Kier molecular flexibility index (Phi) is 3.83. The summed E-state index contributed by atoms with van der Waals surface area (Å²) in [4.78, 5) is 6.48. The molecule has 5 nitrogen and oxygen atoms in total. The van der Waals surface area contributed by atoms with Crippen LogP contribution in [0.4, 0.5) is 5.69 Å². The molecule has 0 aromatic carbocycles. The van der Waals surface area contributed by atoms with Crippen LogP contribution in [0.25, 0.3) is 0 Å². The topological polar surface area (TPSA) is 58.4 Å². The van der Waals surface area contributed by atoms with Crippen LogP contribution in [0.15, 0.2) is 12.3 Å². The van der Waals surface area contributed by atoms with Gasteiger partial charge in [0, 0.05) is 31.6 Å². The summed E-state index contributed by atoms with van der Waals surface area (Å²) in [5, 5.41) is 9.34. The molecule has 2 aliphatic heterocycles. The maximum atomic E-state index is 9.34. The molecule has 0 saturated carbocycles. The molecule has 1 aromatic rings. The molecule has 0 radical (unpaired) electrons. The summed E-state index contributed by atoms with van der Waals surface area (Å²) in [7, 11) is 0. The van der Waals surface area contributed by atoms with Gasteiger partial charge in [-0.15, -0.1) is 0 Å². The summed E-state index contributed by atoms with van der Waals surface area (Å²) < 4.78 is 11.9. The Morgan fingerprint density at radius 1 is 1.52 bits per heavy atom. The van der Waals surface area contributed by atoms with Gasteiger partial charge >= 0.3 is 0 Å². The van der Waals surface area contributed by atoms with Crippen molar-refractivity contribution in [1.29, 1.82) is 5.26 Å². The zero-order valence-corrected chi connectivity index (χ0v) is 12.6. The van der Waals surface area contributed by atoms with Gasteiger partial charge in [-0.25, -0.2) is 0 Å². The zero-order valence-electron chi connectivity index (χ0n) is 12.6. The van der Waals surface area contributed by atoms with Crippen LogP contribution in [0.3, 0.4) is 0 Å². The molecule has 1 spiro atoms. The van der Waals surface area contributed by atoms with Gasteiger partial charge in [0.05, 0.1) is 24.0 Å². The average Bonchev–Trinajstić information content (AvgIpc) is 2.47. The first-order valence-electron chi connectivity index (χ1n) is 7.49. The van der Waals surface area contributed by atoms with Gasteiger partial charge in [-0.3, -0.25) is 4.98 Å². The highest BCUT2D eigenvalue weighted by molar-refractivity contribution is 5.59. The van der Waals surface area contributed by atoms with E-state index in [1.54, 1.807) is 6.20 Å². The highest BCUT2D eigenvalue weighted by Crippen LogP contribution is 2.33. The molecular formula is C16H21N3O2. The molecular weight excluding hydrogens is 266 g/mol. The molecule has 112 valence electrons. The van der Waals surface area contributed by atoms with Crippen LogP contribution in [0.5, 0.6) is 0 Å². The van der Waals surface area contributed by atoms with Crippen molar-refractivity contribution in [2.45, 2.75) is 38.4 Å². The van der Waals surface area contributed by atoms with E-state index in [0.717, 1.165) is 43.9 Å². The van der Waals surface area contributed by atoms with E-state index in [9.17, 15) is 5.26 Å². The van der Waals surface area contributed by atoms with Gasteiger partial charge in [0.25, 0.3) is 0 Å². The van der Waals surface area contributed by atoms with E-state index in [1.807, 2.05) is 13.0 Å². The Hall–Kier alpha value is -1.64. The van der Waals surface area contributed by atoms with E-state index in [0.29, 0.717) is 12.2 Å². The van der Waals surface area contributed by atoms with Crippen molar-refractivity contribution in [3.05, 3.63) is 23.5 Å². The van der Waals surface area contributed by atoms with Gasteiger partial charge in [0.2, 0.25) is 0 Å². The maximum absolute atomic E-state index is 9.34. The molecule has 0 N–H and O–H groups in total. The van der Waals surface area contributed by atoms with E-state index in [2.05, 4.69) is 22.9 Å². The number of nitriles is 1. The van der Waals surface area contributed by atoms with Crippen LogP contribution < -0.4 is 4.90 Å². The minimum absolute atomic E-state index is 0.125. The summed E-state index contributed by atoms with van der Waals surface area (Å²) >= 11 is 0. The van der Waals surface area contributed by atoms with Crippen LogP contribution in [0.2, 0.25) is 0 Å². The van der Waals surface area contributed by atoms with Gasteiger partial charge < -0.3 is 14.4 Å². The maximum Gasteiger partial charge on any atom is 0.109 e. The van der Waals surface area contributed by atoms with Crippen LogP contribution >= 0.6 is 0 Å². The SMILES string of the molecule is Cc1cc(N2CC(C)OC3(CCCOC3)C2)c(C#N)cn1. The Morgan fingerprint density at radius 2 is 2.38 bits per heavy atom. The first kappa shape index (κ1) is 14.3. The van der Waals surface area contributed by atoms with E-state index in [4.69, 9.17) is 9.47 Å². The number of pyridine rings is 1. The normalized spacial score (nSPS) is 29.4. The standard InChI is InChI=1S/C16H21N3O2/c1-12-6-15(14(7-17)8-18-12)19-9-13(2)21-16(10-19)4-3-5-20-11-16/h6,8,13H,3-5,9-11H2,1-2H3. The third-order valence-electron chi connectivity index (χ3n) is 4.17. The number of hydrogen-bond acceptors (Lipinski definition) is 5. The lowest BCUT2D eigenvalue weighted by Crippen LogP contribution is -2.58. The minimum atomic E-state index is -0.236. The second kappa shape index (κ2) is 5.63. The summed E-state index contributed by atoms with van der Waals surface area (Å²) in [5.74, 6) is 0. The van der Waals surface area contributed by atoms with E-state index in [1.165, 1.54) is 0 Å². The molecule has 2 aliphatic rings. The monoisotopic (exact) mass is 287 g/mol. The lowest BCUT2D eigenvalue weighted by molar-refractivity contribution is -0.160. The molecule has 2 fully saturated rings. The molecule has 21 heavy (non-hydrogen) atoms. The van der Waals surface area contributed by atoms with Crippen LogP contribution in [-0.2, 0) is 9.47 Å². The Morgan fingerprint density at radius 3 is 3.10 bits per heavy atom. The van der Waals surface area contributed by atoms with Crippen molar-refractivity contribution in [2.75, 3.05) is 31.2 Å². The molecule has 2 unspecified atom stereocenters. The fourth-order valence-electron chi connectivity index (χ4n) is 3.35. The Bertz CT molecular complexity index is 561. The van der Waals surface area contributed by atoms with Gasteiger partial charge in [-0.05, 0) is 32.8 Å². The predicted octanol–water partition coefficient (Wildman–Crippen LogP) is 2.04. The molecule has 5 heteroatoms. The number of nitrogens with zero attached hydrogens (tertiary/aromatic N) is 3. The van der Waals surface area contributed by atoms with Crippen LogP contribution in [-0.4, -0.2) is 43.0 Å². The van der Waals surface area contributed by atoms with Crippen molar-refractivity contribution < 1.29 is 9.47 Å². The second-order valence-electron chi connectivity index (χ2n) is 6.10. The molecule has 2 saturated heterocycles. The fraction of sp³-hybridized carbons (Fsp3) is 0.625. The van der Waals surface area contributed by atoms with E-state index < -0.39 is 0 Å². The largest absolute Gasteiger partial charge is 0.378 e. The third-order valence-corrected chi connectivity index (χ3v) is 4.17. The number of aryl methyl sites for hydroxylation is 1. The van der Waals surface area contributed by atoms with Crippen molar-refractivity contribution in [1.82, 2.24) is 4.98 Å². The summed E-state index contributed by atoms with van der Waals surface area (Å²) in [6, 6.07) is 4.24. The lowest BCUT2D eigenvalue weighted by Gasteiger charge is -2.48. The summed E-state index contributed by atoms with van der Waals surface area (Å²) in [6.45, 7) is 7.06. The minimum Gasteiger partial charge on any atom is -0.378 e. The average molecular weight is 287 g/mol. The molecule has 1 aromatic heterocycles. The van der Waals surface area contributed by atoms with Gasteiger partial charge in [-0.2, -0.15) is 5.26 Å². The summed E-state index contributed by atoms with van der Waals surface area (Å²) in [6.07, 6.45) is 3.83. The fourth-order valence-corrected chi connectivity index (χ4v) is 3.35. The predicted molar refractivity (Wildman–Crippen MR) is 79.2 cm³/mol. The number of ether oxygens (including phenoxy) is 2. The van der Waals surface area contributed by atoms with Gasteiger partial charge in [-0.1, -0.05) is 0 Å². The molecule has 2 atom stereocenters. The number of hydrogen-bond donors (Lipinski definition) is 0. The smallest absolute Gasteiger partial charge is 0.109 e. The summed E-state index contributed by atoms with van der Waals surface area (Å²) in [5.41, 5.74) is 2.28. The molecule has 0 amide bonds. The Labute approximate surface area is 125 Å². The van der Waals surface area contributed by atoms with Crippen LogP contribution in [0, 0.1) is 18.3 Å². The van der Waals surface area contributed by atoms with Crippen LogP contribution in [0.1, 0.15) is 31.0 Å². The first-order valence-corrected chi connectivity index (χ1v) is 7.49. The van der Waals surface area contributed by atoms with E-state index >= 15 is 0 Å².